The van der Waals surface area contributed by atoms with Gasteiger partial charge in [0.1, 0.15) is 5.82 Å². The van der Waals surface area contributed by atoms with E-state index < -0.39 is 15.8 Å². The zero-order valence-electron chi connectivity index (χ0n) is 14.7. The first-order chi connectivity index (χ1) is 12.4. The van der Waals surface area contributed by atoms with E-state index in [0.717, 1.165) is 49.1 Å². The summed E-state index contributed by atoms with van der Waals surface area (Å²) in [6, 6.07) is 11.3. The summed E-state index contributed by atoms with van der Waals surface area (Å²) in [7, 11) is -1.61. The van der Waals surface area contributed by atoms with Crippen LogP contribution in [0.3, 0.4) is 0 Å². The molecule has 1 fully saturated rings. The van der Waals surface area contributed by atoms with Gasteiger partial charge in [-0.1, -0.05) is 18.2 Å². The van der Waals surface area contributed by atoms with Crippen LogP contribution in [0.5, 0.6) is 0 Å². The molecule has 2 aromatic carbocycles. The third kappa shape index (κ3) is 3.11. The van der Waals surface area contributed by atoms with E-state index in [1.807, 2.05) is 12.1 Å². The summed E-state index contributed by atoms with van der Waals surface area (Å²) in [6.45, 7) is 4.52. The summed E-state index contributed by atoms with van der Waals surface area (Å²) >= 11 is 0. The average Bonchev–Trinajstić information content (AvgIpc) is 3.07. The molecule has 2 aliphatic heterocycles. The predicted molar refractivity (Wildman–Crippen MR) is 99.0 cm³/mol. The van der Waals surface area contributed by atoms with Crippen LogP contribution in [-0.4, -0.2) is 50.8 Å². The van der Waals surface area contributed by atoms with Gasteiger partial charge in [-0.05, 0) is 42.4 Å². The van der Waals surface area contributed by atoms with Gasteiger partial charge in [-0.15, -0.1) is 0 Å². The highest BCUT2D eigenvalue weighted by molar-refractivity contribution is 7.89. The van der Waals surface area contributed by atoms with Gasteiger partial charge >= 0.3 is 0 Å². The molecule has 0 spiro atoms. The van der Waals surface area contributed by atoms with Crippen LogP contribution in [0.1, 0.15) is 11.1 Å². The van der Waals surface area contributed by atoms with Crippen molar-refractivity contribution in [1.29, 1.82) is 0 Å². The molecule has 0 saturated carbocycles. The first-order valence-corrected chi connectivity index (χ1v) is 10.2. The number of rotatable bonds is 3. The molecule has 0 aromatic heterocycles. The monoisotopic (exact) mass is 375 g/mol. The number of benzene rings is 2. The number of fused-ring (bicyclic) bond motifs is 1. The number of likely N-dealkylation sites (N-methyl/N-ethyl adjacent to an activating group) is 1. The van der Waals surface area contributed by atoms with Crippen LogP contribution in [0, 0.1) is 5.82 Å². The molecule has 2 aromatic rings. The van der Waals surface area contributed by atoms with E-state index >= 15 is 0 Å². The van der Waals surface area contributed by atoms with Crippen LogP contribution in [0.25, 0.3) is 0 Å². The lowest BCUT2D eigenvalue weighted by Crippen LogP contribution is -2.44. The highest BCUT2D eigenvalue weighted by Gasteiger charge is 2.33. The zero-order valence-corrected chi connectivity index (χ0v) is 15.5. The normalized spacial score (nSPS) is 18.9. The first-order valence-electron chi connectivity index (χ1n) is 8.75. The Kier molecular flexibility index (Phi) is 4.46. The largest absolute Gasteiger partial charge is 0.369 e. The Labute approximate surface area is 153 Å². The minimum absolute atomic E-state index is 0.00598. The van der Waals surface area contributed by atoms with Crippen LogP contribution < -0.4 is 4.90 Å². The average molecular weight is 375 g/mol. The summed E-state index contributed by atoms with van der Waals surface area (Å²) in [5.41, 5.74) is 3.21. The maximum absolute atomic E-state index is 13.5. The van der Waals surface area contributed by atoms with E-state index in [-0.39, 0.29) is 4.90 Å². The van der Waals surface area contributed by atoms with Crippen LogP contribution >= 0.6 is 0 Å². The van der Waals surface area contributed by atoms with Crippen molar-refractivity contribution in [3.63, 3.8) is 0 Å². The Morgan fingerprint density at radius 1 is 0.962 bits per heavy atom. The molecule has 0 bridgehead atoms. The SMILES string of the molecule is CN1CCN(c2cccc3c2CN(S(=O)(=O)c2cccc(F)c2)C3)CC1. The summed E-state index contributed by atoms with van der Waals surface area (Å²) in [5, 5.41) is 0. The molecule has 2 heterocycles. The van der Waals surface area contributed by atoms with E-state index in [1.165, 1.54) is 22.5 Å². The maximum Gasteiger partial charge on any atom is 0.243 e. The van der Waals surface area contributed by atoms with E-state index in [9.17, 15) is 12.8 Å². The molecule has 7 heteroatoms. The molecule has 0 N–H and O–H groups in total. The van der Waals surface area contributed by atoms with Crippen LogP contribution in [0.15, 0.2) is 47.4 Å². The van der Waals surface area contributed by atoms with E-state index in [4.69, 9.17) is 0 Å². The van der Waals surface area contributed by atoms with Gasteiger partial charge in [0, 0.05) is 45.0 Å². The Hall–Kier alpha value is -1.96. The lowest BCUT2D eigenvalue weighted by molar-refractivity contribution is 0.312. The molecule has 1 saturated heterocycles. The van der Waals surface area contributed by atoms with E-state index in [0.29, 0.717) is 13.1 Å². The molecule has 0 atom stereocenters. The molecule has 138 valence electrons. The van der Waals surface area contributed by atoms with Gasteiger partial charge in [-0.2, -0.15) is 4.31 Å². The topological polar surface area (TPSA) is 43.9 Å². The molecule has 0 unspecified atom stereocenters. The van der Waals surface area contributed by atoms with Gasteiger partial charge in [-0.3, -0.25) is 0 Å². The van der Waals surface area contributed by atoms with Gasteiger partial charge in [0.25, 0.3) is 0 Å². The third-order valence-corrected chi connectivity index (χ3v) is 6.99. The fraction of sp³-hybridized carbons (Fsp3) is 0.368. The fourth-order valence-electron chi connectivity index (χ4n) is 3.66. The standard InChI is InChI=1S/C19H22FN3O2S/c1-21-8-10-22(11-9-21)19-7-2-4-15-13-23(14-18(15)19)26(24,25)17-6-3-5-16(20)12-17/h2-7,12H,8-11,13-14H2,1H3. The van der Waals surface area contributed by atoms with Gasteiger partial charge in [-0.25, -0.2) is 12.8 Å². The molecule has 2 aliphatic rings. The van der Waals surface area contributed by atoms with E-state index in [2.05, 4.69) is 22.9 Å². The number of nitrogens with zero attached hydrogens (tertiary/aromatic N) is 3. The van der Waals surface area contributed by atoms with Crippen molar-refractivity contribution in [2.24, 2.45) is 0 Å². The third-order valence-electron chi connectivity index (χ3n) is 5.21. The molecule has 5 nitrogen and oxygen atoms in total. The van der Waals surface area contributed by atoms with Crippen molar-refractivity contribution in [1.82, 2.24) is 9.21 Å². The highest BCUT2D eigenvalue weighted by Crippen LogP contribution is 2.35. The molecule has 0 aliphatic carbocycles. The van der Waals surface area contributed by atoms with Gasteiger partial charge < -0.3 is 9.80 Å². The van der Waals surface area contributed by atoms with E-state index in [1.54, 1.807) is 0 Å². The Bertz CT molecular complexity index is 924. The van der Waals surface area contributed by atoms with Crippen molar-refractivity contribution in [3.8, 4) is 0 Å². The number of anilines is 1. The molecule has 0 radical (unpaired) electrons. The minimum Gasteiger partial charge on any atom is -0.369 e. The quantitative estimate of drug-likeness (QED) is 0.826. The molecular weight excluding hydrogens is 353 g/mol. The highest BCUT2D eigenvalue weighted by atomic mass is 32.2. The summed E-state index contributed by atoms with van der Waals surface area (Å²) < 4.78 is 40.8. The predicted octanol–water partition coefficient (Wildman–Crippen LogP) is 2.28. The van der Waals surface area contributed by atoms with Crippen LogP contribution in [0.2, 0.25) is 0 Å². The first kappa shape index (κ1) is 17.5. The second-order valence-corrected chi connectivity index (χ2v) is 8.87. The minimum atomic E-state index is -3.72. The van der Waals surface area contributed by atoms with Crippen molar-refractivity contribution in [2.45, 2.75) is 18.0 Å². The maximum atomic E-state index is 13.5. The Balaban J connectivity index is 1.62. The molecule has 0 amide bonds. The number of sulfonamides is 1. The van der Waals surface area contributed by atoms with Gasteiger partial charge in [0.2, 0.25) is 10.0 Å². The molecular formula is C19H22FN3O2S. The van der Waals surface area contributed by atoms with Crippen molar-refractivity contribution >= 4 is 15.7 Å². The summed E-state index contributed by atoms with van der Waals surface area (Å²) in [4.78, 5) is 4.63. The van der Waals surface area contributed by atoms with Gasteiger partial charge in [0.15, 0.2) is 0 Å². The summed E-state index contributed by atoms with van der Waals surface area (Å²) in [6.07, 6.45) is 0. The second kappa shape index (κ2) is 6.64. The Morgan fingerprint density at radius 2 is 1.69 bits per heavy atom. The van der Waals surface area contributed by atoms with Crippen LogP contribution in [0.4, 0.5) is 10.1 Å². The molecule has 26 heavy (non-hydrogen) atoms. The number of halogens is 1. The van der Waals surface area contributed by atoms with Crippen molar-refractivity contribution < 1.29 is 12.8 Å². The Morgan fingerprint density at radius 3 is 2.42 bits per heavy atom. The number of hydrogen-bond donors (Lipinski definition) is 0. The number of hydrogen-bond acceptors (Lipinski definition) is 4. The number of piperazine rings is 1. The fourth-order valence-corrected chi connectivity index (χ4v) is 5.08. The molecule has 4 rings (SSSR count). The lowest BCUT2D eigenvalue weighted by atomic mass is 10.1. The van der Waals surface area contributed by atoms with Gasteiger partial charge in [0.05, 0.1) is 4.90 Å². The second-order valence-electron chi connectivity index (χ2n) is 6.94. The van der Waals surface area contributed by atoms with Crippen LogP contribution in [-0.2, 0) is 23.1 Å². The zero-order chi connectivity index (χ0) is 18.3. The lowest BCUT2D eigenvalue weighted by Gasteiger charge is -2.35. The van der Waals surface area contributed by atoms with Crippen molar-refractivity contribution in [3.05, 3.63) is 59.4 Å². The summed E-state index contributed by atoms with van der Waals surface area (Å²) in [5.74, 6) is -0.541. The van der Waals surface area contributed by atoms with Crippen molar-refractivity contribution in [2.75, 3.05) is 38.1 Å². The smallest absolute Gasteiger partial charge is 0.243 e.